The van der Waals surface area contributed by atoms with Crippen LogP contribution in [0, 0.1) is 0 Å². The van der Waals surface area contributed by atoms with Gasteiger partial charge in [-0.05, 0) is 43.0 Å². The maximum Gasteiger partial charge on any atom is 0.321 e. The van der Waals surface area contributed by atoms with Crippen LogP contribution in [-0.2, 0) is 15.3 Å². The SMILES string of the molecule is CCCO[SiH](CCc1ccc(Cl)cc1)OCCC. The number of aryl methyl sites for hydroxylation is 1. The lowest BCUT2D eigenvalue weighted by Crippen LogP contribution is -2.24. The highest BCUT2D eigenvalue weighted by atomic mass is 35.5. The quantitative estimate of drug-likeness (QED) is 0.640. The summed E-state index contributed by atoms with van der Waals surface area (Å²) in [4.78, 5) is 0. The molecule has 1 aromatic rings. The van der Waals surface area contributed by atoms with Gasteiger partial charge in [0.15, 0.2) is 0 Å². The fraction of sp³-hybridized carbons (Fsp3) is 0.571. The summed E-state index contributed by atoms with van der Waals surface area (Å²) in [5.41, 5.74) is 1.30. The summed E-state index contributed by atoms with van der Waals surface area (Å²) >= 11 is 5.87. The van der Waals surface area contributed by atoms with E-state index in [1.165, 1.54) is 5.56 Å². The third-order valence-corrected chi connectivity index (χ3v) is 4.82. The molecular weight excluding hydrogens is 264 g/mol. The Kier molecular flexibility index (Phi) is 8.34. The molecule has 1 aromatic carbocycles. The molecule has 0 spiro atoms. The molecule has 0 unspecified atom stereocenters. The van der Waals surface area contributed by atoms with Crippen molar-refractivity contribution in [1.29, 1.82) is 0 Å². The first-order valence-corrected chi connectivity index (χ1v) is 8.87. The molecule has 0 aliphatic heterocycles. The molecule has 0 bridgehead atoms. The van der Waals surface area contributed by atoms with Gasteiger partial charge in [0, 0.05) is 18.2 Å². The summed E-state index contributed by atoms with van der Waals surface area (Å²) in [5, 5.41) is 0.789. The van der Waals surface area contributed by atoms with Gasteiger partial charge in [0.05, 0.1) is 0 Å². The van der Waals surface area contributed by atoms with Crippen molar-refractivity contribution in [2.75, 3.05) is 13.2 Å². The first-order chi connectivity index (χ1) is 8.76. The fourth-order valence-electron chi connectivity index (χ4n) is 1.65. The van der Waals surface area contributed by atoms with E-state index in [2.05, 4.69) is 26.0 Å². The van der Waals surface area contributed by atoms with Crippen LogP contribution in [0.15, 0.2) is 24.3 Å². The van der Waals surface area contributed by atoms with Gasteiger partial charge in [-0.2, -0.15) is 0 Å². The van der Waals surface area contributed by atoms with E-state index >= 15 is 0 Å². The second kappa shape index (κ2) is 9.56. The number of hydrogen-bond acceptors (Lipinski definition) is 2. The van der Waals surface area contributed by atoms with Gasteiger partial charge in [-0.3, -0.25) is 0 Å². The van der Waals surface area contributed by atoms with E-state index in [0.717, 1.165) is 43.5 Å². The van der Waals surface area contributed by atoms with Gasteiger partial charge in [0.1, 0.15) is 0 Å². The van der Waals surface area contributed by atoms with Crippen molar-refractivity contribution >= 4 is 20.9 Å². The van der Waals surface area contributed by atoms with E-state index in [9.17, 15) is 0 Å². The molecule has 0 heterocycles. The molecule has 0 fully saturated rings. The minimum absolute atomic E-state index is 0.789. The third-order valence-electron chi connectivity index (χ3n) is 2.60. The normalized spacial score (nSPS) is 11.1. The second-order valence-corrected chi connectivity index (χ2v) is 6.88. The van der Waals surface area contributed by atoms with Crippen molar-refractivity contribution in [3.05, 3.63) is 34.9 Å². The van der Waals surface area contributed by atoms with Crippen LogP contribution in [0.2, 0.25) is 11.1 Å². The van der Waals surface area contributed by atoms with Gasteiger partial charge >= 0.3 is 9.28 Å². The highest BCUT2D eigenvalue weighted by Crippen LogP contribution is 2.12. The van der Waals surface area contributed by atoms with Gasteiger partial charge in [0.2, 0.25) is 0 Å². The van der Waals surface area contributed by atoms with E-state index in [-0.39, 0.29) is 0 Å². The molecule has 102 valence electrons. The third kappa shape index (κ3) is 6.54. The van der Waals surface area contributed by atoms with Crippen LogP contribution in [0.25, 0.3) is 0 Å². The van der Waals surface area contributed by atoms with Crippen LogP contribution >= 0.6 is 11.6 Å². The van der Waals surface area contributed by atoms with Crippen LogP contribution in [0.5, 0.6) is 0 Å². The molecule has 0 saturated heterocycles. The van der Waals surface area contributed by atoms with Crippen LogP contribution < -0.4 is 0 Å². The van der Waals surface area contributed by atoms with Crippen molar-refractivity contribution in [3.8, 4) is 0 Å². The molecule has 0 aromatic heterocycles. The summed E-state index contributed by atoms with van der Waals surface area (Å²) in [7, 11) is -1.48. The van der Waals surface area contributed by atoms with E-state index in [0.29, 0.717) is 0 Å². The maximum absolute atomic E-state index is 5.87. The second-order valence-electron chi connectivity index (χ2n) is 4.34. The van der Waals surface area contributed by atoms with Gasteiger partial charge in [-0.25, -0.2) is 0 Å². The van der Waals surface area contributed by atoms with Gasteiger partial charge in [-0.1, -0.05) is 37.6 Å². The summed E-state index contributed by atoms with van der Waals surface area (Å²) < 4.78 is 11.7. The summed E-state index contributed by atoms with van der Waals surface area (Å²) in [6, 6.07) is 9.06. The molecule has 2 nitrogen and oxygen atoms in total. The lowest BCUT2D eigenvalue weighted by molar-refractivity contribution is 0.196. The molecule has 0 saturated carbocycles. The summed E-state index contributed by atoms with van der Waals surface area (Å²) in [6.07, 6.45) is 3.13. The van der Waals surface area contributed by atoms with Crippen LogP contribution in [0.4, 0.5) is 0 Å². The number of hydrogen-bond donors (Lipinski definition) is 0. The van der Waals surface area contributed by atoms with Crippen molar-refractivity contribution in [2.24, 2.45) is 0 Å². The molecule has 0 aliphatic carbocycles. The van der Waals surface area contributed by atoms with Crippen molar-refractivity contribution in [2.45, 2.75) is 39.2 Å². The van der Waals surface area contributed by atoms with Crippen LogP contribution in [0.3, 0.4) is 0 Å². The Hall–Kier alpha value is -0.353. The van der Waals surface area contributed by atoms with Gasteiger partial charge in [-0.15, -0.1) is 0 Å². The predicted molar refractivity (Wildman–Crippen MR) is 79.6 cm³/mol. The number of halogens is 1. The number of rotatable bonds is 9. The highest BCUT2D eigenvalue weighted by Gasteiger charge is 2.12. The minimum Gasteiger partial charge on any atom is -0.397 e. The average Bonchev–Trinajstić information content (AvgIpc) is 2.40. The fourth-order valence-corrected chi connectivity index (χ4v) is 3.77. The lowest BCUT2D eigenvalue weighted by atomic mass is 10.2. The van der Waals surface area contributed by atoms with Crippen molar-refractivity contribution in [1.82, 2.24) is 0 Å². The summed E-state index contributed by atoms with van der Waals surface area (Å²) in [5.74, 6) is 0. The van der Waals surface area contributed by atoms with E-state index in [4.69, 9.17) is 20.5 Å². The standard InChI is InChI=1S/C14H23ClO2Si/c1-3-10-16-18(17-11-4-2)12-9-13-5-7-14(15)8-6-13/h5-8,18H,3-4,9-12H2,1-2H3. The zero-order valence-corrected chi connectivity index (χ0v) is 13.2. The minimum atomic E-state index is -1.48. The number of benzene rings is 1. The predicted octanol–water partition coefficient (Wildman–Crippen LogP) is 3.96. The van der Waals surface area contributed by atoms with Crippen LogP contribution in [0.1, 0.15) is 32.3 Å². The Morgan fingerprint density at radius 2 is 1.56 bits per heavy atom. The Bertz CT molecular complexity index is 308. The molecular formula is C14H23ClO2Si. The zero-order chi connectivity index (χ0) is 13.2. The Labute approximate surface area is 117 Å². The van der Waals surface area contributed by atoms with Crippen LogP contribution in [-0.4, -0.2) is 22.5 Å². The van der Waals surface area contributed by atoms with E-state index in [1.807, 2.05) is 12.1 Å². The molecule has 0 aliphatic rings. The first kappa shape index (κ1) is 15.7. The molecule has 18 heavy (non-hydrogen) atoms. The van der Waals surface area contributed by atoms with Crippen molar-refractivity contribution in [3.63, 3.8) is 0 Å². The van der Waals surface area contributed by atoms with Gasteiger partial charge < -0.3 is 8.85 Å². The lowest BCUT2D eigenvalue weighted by Gasteiger charge is -2.16. The molecule has 0 atom stereocenters. The molecule has 0 N–H and O–H groups in total. The average molecular weight is 287 g/mol. The maximum atomic E-state index is 5.87. The Morgan fingerprint density at radius 3 is 2.06 bits per heavy atom. The smallest absolute Gasteiger partial charge is 0.321 e. The largest absolute Gasteiger partial charge is 0.397 e. The highest BCUT2D eigenvalue weighted by molar-refractivity contribution is 6.44. The topological polar surface area (TPSA) is 18.5 Å². The zero-order valence-electron chi connectivity index (χ0n) is 11.3. The van der Waals surface area contributed by atoms with E-state index in [1.54, 1.807) is 0 Å². The molecule has 0 radical (unpaired) electrons. The summed E-state index contributed by atoms with van der Waals surface area (Å²) in [6.45, 7) is 5.90. The molecule has 0 amide bonds. The first-order valence-electron chi connectivity index (χ1n) is 6.74. The Balaban J connectivity index is 2.37. The molecule has 4 heteroatoms. The molecule has 1 rings (SSSR count). The van der Waals surface area contributed by atoms with Crippen molar-refractivity contribution < 1.29 is 8.85 Å². The Morgan fingerprint density at radius 1 is 1.00 bits per heavy atom. The van der Waals surface area contributed by atoms with E-state index < -0.39 is 9.28 Å². The monoisotopic (exact) mass is 286 g/mol. The van der Waals surface area contributed by atoms with Gasteiger partial charge in [0.25, 0.3) is 0 Å².